The molecule has 0 amide bonds. The Morgan fingerprint density at radius 2 is 2.04 bits per heavy atom. The monoisotopic (exact) mass is 379 g/mol. The average molecular weight is 379 g/mol. The number of halogens is 1. The van der Waals surface area contributed by atoms with Crippen LogP contribution in [0.2, 0.25) is 0 Å². The Balaban J connectivity index is 1.46. The molecule has 0 saturated heterocycles. The lowest BCUT2D eigenvalue weighted by molar-refractivity contribution is 0.369. The zero-order valence-electron chi connectivity index (χ0n) is 15.6. The van der Waals surface area contributed by atoms with Gasteiger partial charge in [0.1, 0.15) is 17.3 Å². The van der Waals surface area contributed by atoms with Gasteiger partial charge in [-0.25, -0.2) is 9.38 Å². The second kappa shape index (κ2) is 8.22. The van der Waals surface area contributed by atoms with E-state index in [4.69, 9.17) is 4.52 Å². The fraction of sp³-hybridized carbons (Fsp3) is 0.238. The Bertz CT molecular complexity index is 970. The maximum absolute atomic E-state index is 14.7. The highest BCUT2D eigenvalue weighted by Crippen LogP contribution is 2.29. The third-order valence-electron chi connectivity index (χ3n) is 4.75. The van der Waals surface area contributed by atoms with E-state index in [1.54, 1.807) is 6.07 Å². The topological polar surface area (TPSA) is 74.5 Å². The minimum absolute atomic E-state index is 0.102. The van der Waals surface area contributed by atoms with Gasteiger partial charge in [0.15, 0.2) is 5.96 Å². The van der Waals surface area contributed by atoms with Gasteiger partial charge in [-0.15, -0.1) is 0 Å². The third kappa shape index (κ3) is 4.04. The Morgan fingerprint density at radius 3 is 2.79 bits per heavy atom. The van der Waals surface area contributed by atoms with Crippen molar-refractivity contribution in [2.45, 2.75) is 19.4 Å². The normalized spacial score (nSPS) is 14.9. The van der Waals surface area contributed by atoms with E-state index in [-0.39, 0.29) is 11.7 Å². The van der Waals surface area contributed by atoms with Crippen molar-refractivity contribution in [2.75, 3.05) is 13.3 Å². The number of hydrogen-bond donors (Lipinski definition) is 3. The number of benzene rings is 2. The van der Waals surface area contributed by atoms with Gasteiger partial charge in [-0.1, -0.05) is 54.5 Å². The number of nitrogens with one attached hydrogen (secondary N) is 3. The van der Waals surface area contributed by atoms with Crippen LogP contribution in [0.4, 0.5) is 4.39 Å². The Hall–Kier alpha value is -3.19. The van der Waals surface area contributed by atoms with Crippen molar-refractivity contribution in [3.63, 3.8) is 0 Å². The Labute approximate surface area is 162 Å². The van der Waals surface area contributed by atoms with Crippen LogP contribution >= 0.6 is 0 Å². The quantitative estimate of drug-likeness (QED) is 0.635. The molecule has 1 aromatic heterocycles. The van der Waals surface area contributed by atoms with Gasteiger partial charge < -0.3 is 15.2 Å². The SMILES string of the molecule is CC(c1ccc(-c2ccccc2)c(F)c1)c1cc(CNC2=NCNCN2)no1. The van der Waals surface area contributed by atoms with Gasteiger partial charge >= 0.3 is 0 Å². The summed E-state index contributed by atoms with van der Waals surface area (Å²) in [5.74, 6) is 1.08. The maximum Gasteiger partial charge on any atom is 0.193 e. The van der Waals surface area contributed by atoms with Crippen LogP contribution in [0.15, 0.2) is 64.1 Å². The molecule has 28 heavy (non-hydrogen) atoms. The van der Waals surface area contributed by atoms with Gasteiger partial charge in [-0.2, -0.15) is 0 Å². The van der Waals surface area contributed by atoms with Gasteiger partial charge in [0, 0.05) is 17.5 Å². The zero-order chi connectivity index (χ0) is 19.3. The molecule has 2 aromatic carbocycles. The summed E-state index contributed by atoms with van der Waals surface area (Å²) in [5, 5.41) is 13.4. The summed E-state index contributed by atoms with van der Waals surface area (Å²) in [6.45, 7) is 3.74. The molecule has 1 aliphatic heterocycles. The third-order valence-corrected chi connectivity index (χ3v) is 4.75. The molecule has 0 spiro atoms. The maximum atomic E-state index is 14.7. The number of nitrogens with zero attached hydrogens (tertiary/aromatic N) is 2. The lowest BCUT2D eigenvalue weighted by Crippen LogP contribution is -2.46. The molecular weight excluding hydrogens is 357 g/mol. The van der Waals surface area contributed by atoms with E-state index in [0.717, 1.165) is 22.8 Å². The second-order valence-electron chi connectivity index (χ2n) is 6.67. The van der Waals surface area contributed by atoms with Crippen LogP contribution in [-0.4, -0.2) is 24.5 Å². The highest BCUT2D eigenvalue weighted by Gasteiger charge is 2.17. The van der Waals surface area contributed by atoms with Crippen LogP contribution in [0.25, 0.3) is 11.1 Å². The lowest BCUT2D eigenvalue weighted by atomic mass is 9.95. The fourth-order valence-electron chi connectivity index (χ4n) is 3.12. The highest BCUT2D eigenvalue weighted by molar-refractivity contribution is 5.80. The molecule has 3 N–H and O–H groups in total. The first kappa shape index (κ1) is 18.2. The standard InChI is InChI=1S/C21H22FN5O/c1-14(16-7-8-18(19(22)9-16)15-5-3-2-4-6-15)20-10-17(27-28-20)11-24-21-25-12-23-13-26-21/h2-10,14,23H,11-13H2,1H3,(H2,24,25,26). The first-order valence-electron chi connectivity index (χ1n) is 9.24. The van der Waals surface area contributed by atoms with E-state index in [1.807, 2.05) is 55.5 Å². The van der Waals surface area contributed by atoms with Crippen molar-refractivity contribution >= 4 is 5.96 Å². The number of aliphatic imine (C=N–C) groups is 1. The molecule has 144 valence electrons. The van der Waals surface area contributed by atoms with E-state index in [0.29, 0.717) is 31.2 Å². The summed E-state index contributed by atoms with van der Waals surface area (Å²) in [7, 11) is 0. The Kier molecular flexibility index (Phi) is 5.34. The lowest BCUT2D eigenvalue weighted by Gasteiger charge is -2.16. The molecule has 0 fully saturated rings. The second-order valence-corrected chi connectivity index (χ2v) is 6.67. The molecule has 1 aliphatic rings. The van der Waals surface area contributed by atoms with Crippen LogP contribution in [0, 0.1) is 5.82 Å². The van der Waals surface area contributed by atoms with Crippen molar-refractivity contribution in [2.24, 2.45) is 4.99 Å². The zero-order valence-corrected chi connectivity index (χ0v) is 15.6. The molecule has 0 bridgehead atoms. The molecule has 2 heterocycles. The molecule has 1 unspecified atom stereocenters. The molecule has 6 nitrogen and oxygen atoms in total. The van der Waals surface area contributed by atoms with E-state index in [1.165, 1.54) is 0 Å². The predicted molar refractivity (Wildman–Crippen MR) is 106 cm³/mol. The molecule has 0 aliphatic carbocycles. The molecular formula is C21H22FN5O. The van der Waals surface area contributed by atoms with E-state index >= 15 is 0 Å². The molecule has 4 rings (SSSR count). The summed E-state index contributed by atoms with van der Waals surface area (Å²) in [6.07, 6.45) is 0. The molecule has 0 radical (unpaired) electrons. The first-order valence-corrected chi connectivity index (χ1v) is 9.24. The minimum Gasteiger partial charge on any atom is -0.360 e. The van der Waals surface area contributed by atoms with Crippen molar-refractivity contribution < 1.29 is 8.91 Å². The van der Waals surface area contributed by atoms with Gasteiger partial charge in [0.2, 0.25) is 0 Å². The summed E-state index contributed by atoms with van der Waals surface area (Å²) < 4.78 is 20.2. The van der Waals surface area contributed by atoms with E-state index in [9.17, 15) is 4.39 Å². The number of guanidine groups is 1. The fourth-order valence-corrected chi connectivity index (χ4v) is 3.12. The van der Waals surface area contributed by atoms with Gasteiger partial charge in [-0.05, 0) is 17.2 Å². The summed E-state index contributed by atoms with van der Waals surface area (Å²) in [5.41, 5.74) is 3.07. The summed E-state index contributed by atoms with van der Waals surface area (Å²) >= 11 is 0. The predicted octanol–water partition coefficient (Wildman–Crippen LogP) is 3.19. The van der Waals surface area contributed by atoms with Gasteiger partial charge in [0.05, 0.1) is 19.9 Å². The van der Waals surface area contributed by atoms with Crippen LogP contribution in [0.1, 0.15) is 29.9 Å². The molecule has 0 saturated carbocycles. The van der Waals surface area contributed by atoms with E-state index in [2.05, 4.69) is 26.1 Å². The molecule has 3 aromatic rings. The van der Waals surface area contributed by atoms with E-state index < -0.39 is 0 Å². The van der Waals surface area contributed by atoms with Gasteiger partial charge in [0.25, 0.3) is 0 Å². The molecule has 7 heteroatoms. The van der Waals surface area contributed by atoms with Crippen LogP contribution in [-0.2, 0) is 6.54 Å². The van der Waals surface area contributed by atoms with Gasteiger partial charge in [-0.3, -0.25) is 5.32 Å². The van der Waals surface area contributed by atoms with Crippen molar-refractivity contribution in [3.8, 4) is 11.1 Å². The Morgan fingerprint density at radius 1 is 1.18 bits per heavy atom. The largest absolute Gasteiger partial charge is 0.360 e. The average Bonchev–Trinajstić information content (AvgIpc) is 3.22. The van der Waals surface area contributed by atoms with Crippen LogP contribution in [0.3, 0.4) is 0 Å². The number of rotatable bonds is 5. The van der Waals surface area contributed by atoms with Crippen molar-refractivity contribution in [3.05, 3.63) is 77.4 Å². The van der Waals surface area contributed by atoms with Crippen molar-refractivity contribution in [1.82, 2.24) is 21.1 Å². The molecule has 1 atom stereocenters. The first-order chi connectivity index (χ1) is 13.7. The summed E-state index contributed by atoms with van der Waals surface area (Å²) in [4.78, 5) is 4.26. The van der Waals surface area contributed by atoms with Crippen LogP contribution < -0.4 is 16.0 Å². The number of aromatic nitrogens is 1. The minimum atomic E-state index is -0.244. The highest BCUT2D eigenvalue weighted by atomic mass is 19.1. The summed E-state index contributed by atoms with van der Waals surface area (Å²) in [6, 6.07) is 16.7. The smallest absolute Gasteiger partial charge is 0.193 e. The van der Waals surface area contributed by atoms with Crippen molar-refractivity contribution in [1.29, 1.82) is 0 Å². The van der Waals surface area contributed by atoms with Crippen LogP contribution in [0.5, 0.6) is 0 Å². The number of hydrogen-bond acceptors (Lipinski definition) is 6.